The van der Waals surface area contributed by atoms with Crippen molar-refractivity contribution in [3.8, 4) is 28.5 Å². The summed E-state index contributed by atoms with van der Waals surface area (Å²) < 4.78 is 13.4. The Morgan fingerprint density at radius 1 is 0.895 bits per heavy atom. The maximum Gasteiger partial charge on any atom is 0.285 e. The monoisotopic (exact) mass is 778 g/mol. The van der Waals surface area contributed by atoms with Crippen molar-refractivity contribution in [2.45, 2.75) is 37.3 Å². The Balaban J connectivity index is 0.932. The summed E-state index contributed by atoms with van der Waals surface area (Å²) >= 11 is 1.38. The summed E-state index contributed by atoms with van der Waals surface area (Å²) in [6.07, 6.45) is 5.33. The maximum absolute atomic E-state index is 13.6. The van der Waals surface area contributed by atoms with Gasteiger partial charge < -0.3 is 14.4 Å². The Bertz CT molecular complexity index is 2470. The van der Waals surface area contributed by atoms with E-state index in [1.165, 1.54) is 11.8 Å². The lowest BCUT2D eigenvalue weighted by Gasteiger charge is -2.39. The first-order valence-corrected chi connectivity index (χ1v) is 19.7. The van der Waals surface area contributed by atoms with Crippen molar-refractivity contribution in [2.75, 3.05) is 13.7 Å². The molecule has 3 amide bonds. The van der Waals surface area contributed by atoms with Gasteiger partial charge in [0.05, 0.1) is 40.9 Å². The number of amides is 3. The molecule has 3 aliphatic heterocycles. The minimum absolute atomic E-state index is 0.0432. The van der Waals surface area contributed by atoms with Crippen LogP contribution in [0.25, 0.3) is 22.2 Å². The number of pyridine rings is 1. The molecule has 4 unspecified atom stereocenters. The lowest BCUT2D eigenvalue weighted by atomic mass is 9.79. The molecule has 2 aromatic heterocycles. The first-order valence-electron chi connectivity index (χ1n) is 18.8. The van der Waals surface area contributed by atoms with Crippen molar-refractivity contribution in [2.24, 2.45) is 11.8 Å². The van der Waals surface area contributed by atoms with E-state index in [0.717, 1.165) is 62.9 Å². The number of methoxy groups -OCH3 is 1. The van der Waals surface area contributed by atoms with Crippen LogP contribution in [0.3, 0.4) is 0 Å². The van der Waals surface area contributed by atoms with Gasteiger partial charge in [0.2, 0.25) is 0 Å². The second-order valence-electron chi connectivity index (χ2n) is 14.3. The Kier molecular flexibility index (Phi) is 9.77. The van der Waals surface area contributed by atoms with E-state index in [9.17, 15) is 14.4 Å². The molecule has 0 bridgehead atoms. The average molecular weight is 779 g/mol. The molecular formula is C44H38N6O6S. The van der Waals surface area contributed by atoms with Gasteiger partial charge in [0.25, 0.3) is 17.1 Å². The van der Waals surface area contributed by atoms with E-state index >= 15 is 0 Å². The third kappa shape index (κ3) is 7.04. The van der Waals surface area contributed by atoms with E-state index in [0.29, 0.717) is 29.9 Å². The molecule has 4 atom stereocenters. The first kappa shape index (κ1) is 36.3. The van der Waals surface area contributed by atoms with Crippen LogP contribution in [0.2, 0.25) is 0 Å². The number of allylic oxidation sites excluding steroid dienone is 1. The molecule has 0 aliphatic carbocycles. The zero-order chi connectivity index (χ0) is 39.0. The SMILES string of the molecule is C=CC(Cn1cc(CON2C(=O)c3ccccc3C2=O)nn1)C1CCN2C(=O)SC(c3cc(-c4ccc(Oc5ccccc5)cc4)nc4ccc(OC)cc34)C2C1. The zero-order valence-electron chi connectivity index (χ0n) is 31.1. The van der Waals surface area contributed by atoms with Gasteiger partial charge in [-0.2, -0.15) is 0 Å². The van der Waals surface area contributed by atoms with Gasteiger partial charge in [-0.25, -0.2) is 4.98 Å². The molecule has 0 saturated carbocycles. The molecule has 0 spiro atoms. The first-order chi connectivity index (χ1) is 27.9. The predicted molar refractivity (Wildman–Crippen MR) is 215 cm³/mol. The van der Waals surface area contributed by atoms with Crippen LogP contribution < -0.4 is 9.47 Å². The van der Waals surface area contributed by atoms with Gasteiger partial charge in [-0.05, 0) is 103 Å². The maximum atomic E-state index is 13.6. The quantitative estimate of drug-likeness (QED) is 0.0881. The molecule has 4 aromatic carbocycles. The third-order valence-corrected chi connectivity index (χ3v) is 12.2. The van der Waals surface area contributed by atoms with Crippen LogP contribution >= 0.6 is 11.8 Å². The van der Waals surface area contributed by atoms with Gasteiger partial charge in [-0.3, -0.25) is 23.9 Å². The lowest BCUT2D eigenvalue weighted by molar-refractivity contribution is -0.102. The number of carbonyl (C=O) groups is 3. The molecule has 5 heterocycles. The lowest BCUT2D eigenvalue weighted by Crippen LogP contribution is -2.43. The molecule has 2 saturated heterocycles. The Labute approximate surface area is 333 Å². The molecule has 0 radical (unpaired) electrons. The zero-order valence-corrected chi connectivity index (χ0v) is 31.9. The number of imide groups is 1. The fourth-order valence-electron chi connectivity index (χ4n) is 8.05. The highest BCUT2D eigenvalue weighted by atomic mass is 32.2. The van der Waals surface area contributed by atoms with Gasteiger partial charge in [0, 0.05) is 30.1 Å². The number of hydrogen-bond acceptors (Lipinski definition) is 10. The van der Waals surface area contributed by atoms with Gasteiger partial charge >= 0.3 is 0 Å². The second-order valence-corrected chi connectivity index (χ2v) is 15.4. The Morgan fingerprint density at radius 2 is 1.61 bits per heavy atom. The third-order valence-electron chi connectivity index (χ3n) is 11.0. The normalized spacial score (nSPS) is 19.5. The van der Waals surface area contributed by atoms with Crippen LogP contribution in [0.1, 0.15) is 50.1 Å². The Morgan fingerprint density at radius 3 is 2.35 bits per heavy atom. The fraction of sp³-hybridized carbons (Fsp3) is 0.227. The molecule has 0 N–H and O–H groups in total. The summed E-state index contributed by atoms with van der Waals surface area (Å²) in [7, 11) is 1.65. The van der Waals surface area contributed by atoms with Crippen molar-refractivity contribution < 1.29 is 28.7 Å². The summed E-state index contributed by atoms with van der Waals surface area (Å²) in [5, 5.41) is 10.3. The van der Waals surface area contributed by atoms with E-state index < -0.39 is 11.8 Å². The summed E-state index contributed by atoms with van der Waals surface area (Å²) in [5.41, 5.74) is 4.72. The van der Waals surface area contributed by atoms with Crippen LogP contribution in [-0.2, 0) is 18.0 Å². The van der Waals surface area contributed by atoms with Gasteiger partial charge in [0.1, 0.15) is 29.5 Å². The number of benzene rings is 4. The second kappa shape index (κ2) is 15.3. The molecular weight excluding hydrogens is 741 g/mol. The molecule has 13 heteroatoms. The van der Waals surface area contributed by atoms with Crippen LogP contribution in [0.4, 0.5) is 4.79 Å². The number of rotatable bonds is 12. The minimum atomic E-state index is -0.499. The number of carbonyl (C=O) groups excluding carboxylic acids is 3. The summed E-state index contributed by atoms with van der Waals surface area (Å²) in [6.45, 7) is 5.26. The largest absolute Gasteiger partial charge is 0.497 e. The number of hydrogen-bond donors (Lipinski definition) is 0. The number of ether oxygens (including phenoxy) is 2. The van der Waals surface area contributed by atoms with Crippen molar-refractivity contribution in [3.63, 3.8) is 0 Å². The van der Waals surface area contributed by atoms with Crippen molar-refractivity contribution in [1.82, 2.24) is 29.9 Å². The standard InChI is InChI=1S/C44H38N6O6S/c1-3-27(24-48-25-30(46-47-48)26-55-50-42(51)34-11-7-8-12-35(34)43(50)52)29-19-20-49-40(21-29)41(57-44(49)53)37-23-39(45-38-18-17-33(54-2)22-36(37)38)28-13-15-32(16-14-28)56-31-9-5-4-6-10-31/h3-18,22-23,25,27,29,40-41H,1,19-21,24,26H2,2H3. The summed E-state index contributed by atoms with van der Waals surface area (Å²) in [5.74, 6) is 1.48. The number of hydroxylamine groups is 2. The number of para-hydroxylation sites is 1. The molecule has 3 aliphatic rings. The van der Waals surface area contributed by atoms with Crippen molar-refractivity contribution >= 4 is 39.7 Å². The van der Waals surface area contributed by atoms with Crippen molar-refractivity contribution in [3.05, 3.63) is 144 Å². The van der Waals surface area contributed by atoms with E-state index in [-0.39, 0.29) is 35.0 Å². The van der Waals surface area contributed by atoms with Gasteiger partial charge in [0.15, 0.2) is 0 Å². The van der Waals surface area contributed by atoms with Crippen LogP contribution in [0.5, 0.6) is 17.2 Å². The highest BCUT2D eigenvalue weighted by molar-refractivity contribution is 8.14. The summed E-state index contributed by atoms with van der Waals surface area (Å²) in [4.78, 5) is 51.8. The Hall–Kier alpha value is -6.31. The highest BCUT2D eigenvalue weighted by Crippen LogP contribution is 2.51. The topological polar surface area (TPSA) is 129 Å². The number of thioether (sulfide) groups is 1. The molecule has 12 nitrogen and oxygen atoms in total. The fourth-order valence-corrected chi connectivity index (χ4v) is 9.37. The molecule has 286 valence electrons. The van der Waals surface area contributed by atoms with Gasteiger partial charge in [-0.1, -0.05) is 53.4 Å². The number of fused-ring (bicyclic) bond motifs is 3. The highest BCUT2D eigenvalue weighted by Gasteiger charge is 2.46. The summed E-state index contributed by atoms with van der Waals surface area (Å²) in [6, 6.07) is 32.2. The molecule has 9 rings (SSSR count). The molecule has 57 heavy (non-hydrogen) atoms. The number of aromatic nitrogens is 4. The minimum Gasteiger partial charge on any atom is -0.497 e. The van der Waals surface area contributed by atoms with Crippen LogP contribution in [0, 0.1) is 11.8 Å². The van der Waals surface area contributed by atoms with Crippen molar-refractivity contribution in [1.29, 1.82) is 0 Å². The van der Waals surface area contributed by atoms with E-state index in [1.54, 1.807) is 42.3 Å². The average Bonchev–Trinajstić information content (AvgIpc) is 3.92. The van der Waals surface area contributed by atoms with E-state index in [2.05, 4.69) is 23.0 Å². The van der Waals surface area contributed by atoms with Crippen LogP contribution in [0.15, 0.2) is 122 Å². The number of nitrogens with zero attached hydrogens (tertiary/aromatic N) is 6. The van der Waals surface area contributed by atoms with E-state index in [1.807, 2.05) is 83.8 Å². The molecule has 2 fully saturated rings. The number of piperidine rings is 1. The predicted octanol–water partition coefficient (Wildman–Crippen LogP) is 8.51. The molecule has 6 aromatic rings. The smallest absolute Gasteiger partial charge is 0.285 e. The van der Waals surface area contributed by atoms with E-state index in [4.69, 9.17) is 19.3 Å². The van der Waals surface area contributed by atoms with Crippen LogP contribution in [-0.4, -0.2) is 66.7 Å². The van der Waals surface area contributed by atoms with Gasteiger partial charge in [-0.15, -0.1) is 16.7 Å².